The van der Waals surface area contributed by atoms with Crippen LogP contribution in [0, 0.1) is 38.0 Å². The first-order chi connectivity index (χ1) is 34.1. The maximum absolute atomic E-state index is 14.8. The fourth-order valence-electron chi connectivity index (χ4n) is 10.4. The topological polar surface area (TPSA) is 206 Å². The molecule has 0 radical (unpaired) electrons. The van der Waals surface area contributed by atoms with Crippen molar-refractivity contribution in [2.45, 2.75) is 82.6 Å². The number of non-ortho nitro benzene ring substituents is 2. The minimum Gasteiger partial charge on any atom is -0.459 e. The molecule has 16 heteroatoms. The van der Waals surface area contributed by atoms with E-state index in [4.69, 9.17) is 28.9 Å². The van der Waals surface area contributed by atoms with Gasteiger partial charge in [0.15, 0.2) is 0 Å². The van der Waals surface area contributed by atoms with E-state index in [1.165, 1.54) is 36.4 Å². The molecule has 3 aliphatic rings. The van der Waals surface area contributed by atoms with E-state index in [2.05, 4.69) is 12.7 Å². The second-order valence-electron chi connectivity index (χ2n) is 17.9. The molecule has 16 nitrogen and oxygen atoms in total. The van der Waals surface area contributed by atoms with Crippen LogP contribution in [-0.4, -0.2) is 75.0 Å². The smallest absolute Gasteiger partial charge is 0.415 e. The van der Waals surface area contributed by atoms with E-state index in [1.54, 1.807) is 23.1 Å². The first-order valence-corrected chi connectivity index (χ1v) is 23.9. The molecule has 2 aliphatic carbocycles. The molecular weight excluding hydrogens is 897 g/mol. The molecule has 1 saturated carbocycles. The number of nitro benzene ring substituents is 2. The van der Waals surface area contributed by atoms with Crippen molar-refractivity contribution in [2.75, 3.05) is 26.4 Å². The Balaban J connectivity index is 1.30. The van der Waals surface area contributed by atoms with Crippen molar-refractivity contribution in [3.63, 3.8) is 0 Å². The normalized spacial score (nSPS) is 21.7. The Kier molecular flexibility index (Phi) is 15.9. The number of rotatable bonds is 22. The van der Waals surface area contributed by atoms with Gasteiger partial charge in [0.1, 0.15) is 35.6 Å². The number of unbranched alkanes of at least 4 members (excludes halogenated alkanes) is 2. The molecule has 5 aromatic carbocycles. The number of hydrogen-bond acceptors (Lipinski definition) is 13. The Morgan fingerprint density at radius 3 is 2.20 bits per heavy atom. The number of nitrogens with zero attached hydrogens (tertiary/aromatic N) is 4. The number of allylic oxidation sites excluding steroid dienone is 1. The molecule has 2 N–H and O–H groups in total. The van der Waals surface area contributed by atoms with Crippen molar-refractivity contribution in [2.24, 2.45) is 22.9 Å². The highest BCUT2D eigenvalue weighted by molar-refractivity contribution is 6.03. The maximum Gasteiger partial charge on any atom is 0.415 e. The van der Waals surface area contributed by atoms with E-state index in [1.807, 2.05) is 67.6 Å². The van der Waals surface area contributed by atoms with Crippen LogP contribution < -0.4 is 14.2 Å². The van der Waals surface area contributed by atoms with Gasteiger partial charge in [-0.3, -0.25) is 25.1 Å². The number of aliphatic hydroxyl groups is 2. The lowest BCUT2D eigenvalue weighted by Crippen LogP contribution is -2.70. The molecule has 1 amide bonds. The Morgan fingerprint density at radius 1 is 0.857 bits per heavy atom. The minimum atomic E-state index is -1.58. The molecule has 8 rings (SSSR count). The van der Waals surface area contributed by atoms with Gasteiger partial charge in [0, 0.05) is 61.9 Å². The fraction of sp³-hybridized carbons (Fsp3) is 0.370. The summed E-state index contributed by atoms with van der Waals surface area (Å²) in [6.07, 6.45) is 7.86. The van der Waals surface area contributed by atoms with Crippen LogP contribution in [0.1, 0.15) is 75.3 Å². The van der Waals surface area contributed by atoms with Crippen molar-refractivity contribution >= 4 is 34.0 Å². The standard InChI is InChI=1S/C54H58N4O12/c1-3-27-56(53(61)69-42-23-20-41(21-24-42)58(64)65)50-34-48(55-67-35-36-15-18-40(19-16-36)57(62)63)46-32-39(13-7-9-28-59)45(14-8-10-29-60)51-47-33-44(68-43-22-17-37-11-5-6-12-38(37)31-43)25-26-49(47)70-54(50,52(46)51)66-30-4-2/h4-6,11-12,15-26,31-33,39,45,50-52,59-60H,2-3,7-10,13-14,27-30,34-35H2,1H3. The van der Waals surface area contributed by atoms with E-state index >= 15 is 0 Å². The molecule has 6 atom stereocenters. The molecule has 1 heterocycles. The molecule has 5 aromatic rings. The van der Waals surface area contributed by atoms with Crippen LogP contribution in [0.15, 0.2) is 139 Å². The molecule has 366 valence electrons. The Bertz CT molecular complexity index is 2730. The summed E-state index contributed by atoms with van der Waals surface area (Å²) in [7, 11) is 0. The predicted octanol–water partition coefficient (Wildman–Crippen LogP) is 11.2. The van der Waals surface area contributed by atoms with E-state index in [0.29, 0.717) is 47.8 Å². The number of oxime groups is 1. The van der Waals surface area contributed by atoms with Gasteiger partial charge in [-0.2, -0.15) is 0 Å². The van der Waals surface area contributed by atoms with Crippen molar-refractivity contribution in [1.82, 2.24) is 4.90 Å². The Labute approximate surface area is 406 Å². The van der Waals surface area contributed by atoms with E-state index < -0.39 is 33.7 Å². The summed E-state index contributed by atoms with van der Waals surface area (Å²) in [6.45, 7) is 6.25. The van der Waals surface area contributed by atoms with Crippen molar-refractivity contribution in [1.29, 1.82) is 0 Å². The SMILES string of the molecule is C=CCOC12Oc3ccc(Oc4ccc5ccccc5c4)cc3C3C(CCCCO)C(CCCCO)C=C(C(=NOCc4ccc([N+](=O)[O-])cc4)CC1N(CCC)C(=O)Oc1ccc([N+](=O)[O-])cc1)C32. The quantitative estimate of drug-likeness (QED) is 0.0288. The molecule has 70 heavy (non-hydrogen) atoms. The zero-order chi connectivity index (χ0) is 49.2. The number of nitro groups is 2. The number of benzene rings is 5. The minimum absolute atomic E-state index is 0.00891. The third-order valence-corrected chi connectivity index (χ3v) is 13.5. The lowest BCUT2D eigenvalue weighted by atomic mass is 9.55. The lowest BCUT2D eigenvalue weighted by molar-refractivity contribution is -0.385. The first kappa shape index (κ1) is 49.3. The monoisotopic (exact) mass is 954 g/mol. The van der Waals surface area contributed by atoms with E-state index in [-0.39, 0.29) is 74.3 Å². The summed E-state index contributed by atoms with van der Waals surface area (Å²) in [5.41, 5.74) is 2.67. The zero-order valence-corrected chi connectivity index (χ0v) is 39.1. The van der Waals surface area contributed by atoms with E-state index in [0.717, 1.165) is 47.6 Å². The molecule has 0 bridgehead atoms. The van der Waals surface area contributed by atoms with Crippen molar-refractivity contribution < 1.29 is 48.6 Å². The Morgan fingerprint density at radius 2 is 1.51 bits per heavy atom. The molecule has 6 unspecified atom stereocenters. The van der Waals surface area contributed by atoms with Gasteiger partial charge in [-0.15, -0.1) is 6.58 Å². The average Bonchev–Trinajstić information content (AvgIpc) is 3.36. The predicted molar refractivity (Wildman–Crippen MR) is 263 cm³/mol. The van der Waals surface area contributed by atoms with Gasteiger partial charge < -0.3 is 34.0 Å². The van der Waals surface area contributed by atoms with Gasteiger partial charge in [0.25, 0.3) is 11.4 Å². The van der Waals surface area contributed by atoms with Crippen LogP contribution in [0.2, 0.25) is 0 Å². The molecule has 0 spiro atoms. The molecule has 1 aliphatic heterocycles. The van der Waals surface area contributed by atoms with Gasteiger partial charge >= 0.3 is 6.09 Å². The fourth-order valence-corrected chi connectivity index (χ4v) is 10.4. The molecule has 1 fully saturated rings. The number of ether oxygens (including phenoxy) is 4. The zero-order valence-electron chi connectivity index (χ0n) is 39.1. The summed E-state index contributed by atoms with van der Waals surface area (Å²) in [4.78, 5) is 44.4. The van der Waals surface area contributed by atoms with Crippen LogP contribution in [0.5, 0.6) is 23.0 Å². The average molecular weight is 955 g/mol. The van der Waals surface area contributed by atoms with Gasteiger partial charge in [-0.05, 0) is 120 Å². The van der Waals surface area contributed by atoms with Crippen molar-refractivity contribution in [3.8, 4) is 23.0 Å². The van der Waals surface area contributed by atoms with Crippen molar-refractivity contribution in [3.05, 3.63) is 165 Å². The second kappa shape index (κ2) is 22.5. The number of amides is 1. The van der Waals surface area contributed by atoms with Crippen LogP contribution in [-0.2, 0) is 16.2 Å². The van der Waals surface area contributed by atoms with Gasteiger partial charge in [-0.1, -0.05) is 67.4 Å². The number of aliphatic hydroxyl groups excluding tert-OH is 2. The first-order valence-electron chi connectivity index (χ1n) is 23.9. The van der Waals surface area contributed by atoms with Crippen LogP contribution in [0.25, 0.3) is 10.8 Å². The highest BCUT2D eigenvalue weighted by Gasteiger charge is 2.65. The highest BCUT2D eigenvalue weighted by Crippen LogP contribution is 2.62. The third-order valence-electron chi connectivity index (χ3n) is 13.5. The van der Waals surface area contributed by atoms with E-state index in [9.17, 15) is 35.2 Å². The third kappa shape index (κ3) is 10.7. The Hall–Kier alpha value is -7.14. The van der Waals surface area contributed by atoms with Crippen LogP contribution in [0.3, 0.4) is 0 Å². The summed E-state index contributed by atoms with van der Waals surface area (Å²) in [5, 5.41) is 49.9. The van der Waals surface area contributed by atoms with Gasteiger partial charge in [0.05, 0.1) is 28.1 Å². The second-order valence-corrected chi connectivity index (χ2v) is 17.9. The number of fused-ring (bicyclic) bond motifs is 3. The number of hydrogen-bond donors (Lipinski definition) is 2. The largest absolute Gasteiger partial charge is 0.459 e. The van der Waals surface area contributed by atoms with Crippen LogP contribution >= 0.6 is 0 Å². The maximum atomic E-state index is 14.8. The molecular formula is C54H58N4O12. The molecule has 0 aromatic heterocycles. The summed E-state index contributed by atoms with van der Waals surface area (Å²) in [6, 6.07) is 30.2. The molecule has 0 saturated heterocycles. The summed E-state index contributed by atoms with van der Waals surface area (Å²) < 4.78 is 27.1. The number of carbonyl (C=O) groups is 1. The highest BCUT2D eigenvalue weighted by atomic mass is 16.7. The van der Waals surface area contributed by atoms with Gasteiger partial charge in [-0.25, -0.2) is 4.79 Å². The van der Waals surface area contributed by atoms with Gasteiger partial charge in [0.2, 0.25) is 5.79 Å². The summed E-state index contributed by atoms with van der Waals surface area (Å²) >= 11 is 0. The summed E-state index contributed by atoms with van der Waals surface area (Å²) in [5.74, 6) is -0.756. The lowest BCUT2D eigenvalue weighted by Gasteiger charge is -2.59. The number of carbonyl (C=O) groups excluding carboxylic acids is 1. The van der Waals surface area contributed by atoms with Crippen LogP contribution in [0.4, 0.5) is 16.2 Å².